The molecule has 0 radical (unpaired) electrons. The molecule has 0 aliphatic carbocycles. The number of carbonyl (C=O) groups is 1. The van der Waals surface area contributed by atoms with Crippen LogP contribution in [0.1, 0.15) is 19.2 Å². The van der Waals surface area contributed by atoms with Crippen molar-refractivity contribution in [1.82, 2.24) is 19.7 Å². The lowest BCUT2D eigenvalue weighted by atomic mass is 10.1. The van der Waals surface area contributed by atoms with E-state index in [1.165, 1.54) is 0 Å². The monoisotopic (exact) mass is 298 g/mol. The Morgan fingerprint density at radius 2 is 2.00 bits per heavy atom. The third-order valence-corrected chi connectivity index (χ3v) is 4.40. The molecule has 0 unspecified atom stereocenters. The first kappa shape index (κ1) is 13.5. The minimum Gasteiger partial charge on any atom is -0.461 e. The van der Waals surface area contributed by atoms with Gasteiger partial charge in [0.25, 0.3) is 0 Å². The summed E-state index contributed by atoms with van der Waals surface area (Å²) < 4.78 is 7.41. The first-order chi connectivity index (χ1) is 10.7. The molecule has 6 nitrogen and oxygen atoms in total. The van der Waals surface area contributed by atoms with Gasteiger partial charge in [-0.25, -0.2) is 0 Å². The summed E-state index contributed by atoms with van der Waals surface area (Å²) in [6.07, 6.45) is 0.774. The fourth-order valence-electron chi connectivity index (χ4n) is 3.28. The zero-order chi connectivity index (χ0) is 15.1. The molecule has 2 aliphatic rings. The Labute approximate surface area is 128 Å². The third-order valence-electron chi connectivity index (χ3n) is 4.40. The van der Waals surface area contributed by atoms with Gasteiger partial charge >= 0.3 is 5.97 Å². The van der Waals surface area contributed by atoms with Crippen LogP contribution in [0.3, 0.4) is 0 Å². The number of fused-ring (bicyclic) bond motifs is 1. The Balaban J connectivity index is 1.58. The number of hydrogen-bond donors (Lipinski definition) is 0. The summed E-state index contributed by atoms with van der Waals surface area (Å²) in [5.41, 5.74) is 1.07. The van der Waals surface area contributed by atoms with Gasteiger partial charge in [-0.3, -0.25) is 9.69 Å². The van der Waals surface area contributed by atoms with Gasteiger partial charge in [0.1, 0.15) is 18.0 Å². The van der Waals surface area contributed by atoms with E-state index in [0.29, 0.717) is 6.54 Å². The minimum absolute atomic E-state index is 0.0113. The molecule has 1 saturated heterocycles. The van der Waals surface area contributed by atoms with E-state index in [9.17, 15) is 4.79 Å². The second-order valence-corrected chi connectivity index (χ2v) is 5.93. The third kappa shape index (κ3) is 2.20. The number of esters is 1. The van der Waals surface area contributed by atoms with Crippen molar-refractivity contribution in [3.63, 3.8) is 0 Å². The zero-order valence-electron chi connectivity index (χ0n) is 12.5. The van der Waals surface area contributed by atoms with Crippen LogP contribution in [-0.2, 0) is 22.6 Å². The summed E-state index contributed by atoms with van der Waals surface area (Å²) in [6, 6.07) is 9.94. The summed E-state index contributed by atoms with van der Waals surface area (Å²) in [5, 5.41) is 8.65. The van der Waals surface area contributed by atoms with Gasteiger partial charge in [0.05, 0.1) is 6.54 Å². The van der Waals surface area contributed by atoms with Crippen LogP contribution in [0, 0.1) is 0 Å². The molecule has 0 saturated carbocycles. The molecule has 2 atom stereocenters. The first-order valence-corrected chi connectivity index (χ1v) is 7.64. The van der Waals surface area contributed by atoms with Gasteiger partial charge < -0.3 is 9.30 Å². The number of benzene rings is 1. The SMILES string of the molecule is C[C@@H]1C[C@H](N2CCn3c(nnc3-c3ccccc3)C2)C(=O)O1. The topological polar surface area (TPSA) is 60.2 Å². The fourth-order valence-corrected chi connectivity index (χ4v) is 3.28. The van der Waals surface area contributed by atoms with Crippen LogP contribution in [0.25, 0.3) is 11.4 Å². The van der Waals surface area contributed by atoms with Crippen LogP contribution in [0.4, 0.5) is 0 Å². The van der Waals surface area contributed by atoms with Crippen LogP contribution in [0.15, 0.2) is 30.3 Å². The molecule has 2 aromatic rings. The number of rotatable bonds is 2. The van der Waals surface area contributed by atoms with E-state index in [2.05, 4.69) is 19.7 Å². The van der Waals surface area contributed by atoms with Crippen LogP contribution in [-0.4, -0.2) is 44.3 Å². The van der Waals surface area contributed by atoms with Crippen LogP contribution >= 0.6 is 0 Å². The Kier molecular flexibility index (Phi) is 3.18. The molecule has 3 heterocycles. The maximum Gasteiger partial charge on any atom is 0.323 e. The van der Waals surface area contributed by atoms with E-state index < -0.39 is 0 Å². The molecule has 2 aliphatic heterocycles. The average molecular weight is 298 g/mol. The van der Waals surface area contributed by atoms with Gasteiger partial charge in [-0.1, -0.05) is 30.3 Å². The summed E-state index contributed by atoms with van der Waals surface area (Å²) in [7, 11) is 0. The molecular formula is C16H18N4O2. The molecule has 1 aromatic carbocycles. The number of hydrogen-bond acceptors (Lipinski definition) is 5. The van der Waals surface area contributed by atoms with Crippen LogP contribution in [0.2, 0.25) is 0 Å². The minimum atomic E-state index is -0.138. The van der Waals surface area contributed by atoms with Crippen molar-refractivity contribution in [3.05, 3.63) is 36.2 Å². The van der Waals surface area contributed by atoms with Gasteiger partial charge in [-0.2, -0.15) is 0 Å². The number of carbonyl (C=O) groups excluding carboxylic acids is 1. The maximum absolute atomic E-state index is 11.9. The lowest BCUT2D eigenvalue weighted by Gasteiger charge is -2.30. The lowest BCUT2D eigenvalue weighted by Crippen LogP contribution is -2.43. The highest BCUT2D eigenvalue weighted by Crippen LogP contribution is 2.26. The van der Waals surface area contributed by atoms with Crippen molar-refractivity contribution in [1.29, 1.82) is 0 Å². The van der Waals surface area contributed by atoms with Gasteiger partial charge in [-0.15, -0.1) is 10.2 Å². The zero-order valence-corrected chi connectivity index (χ0v) is 12.5. The van der Waals surface area contributed by atoms with Gasteiger partial charge in [0.15, 0.2) is 5.82 Å². The highest BCUT2D eigenvalue weighted by Gasteiger charge is 2.38. The van der Waals surface area contributed by atoms with Crippen molar-refractivity contribution >= 4 is 5.97 Å². The lowest BCUT2D eigenvalue weighted by molar-refractivity contribution is -0.145. The molecule has 22 heavy (non-hydrogen) atoms. The van der Waals surface area contributed by atoms with Crippen LogP contribution in [0.5, 0.6) is 0 Å². The van der Waals surface area contributed by atoms with Crippen molar-refractivity contribution in [2.45, 2.75) is 38.6 Å². The van der Waals surface area contributed by atoms with Crippen molar-refractivity contribution in [3.8, 4) is 11.4 Å². The highest BCUT2D eigenvalue weighted by atomic mass is 16.6. The van der Waals surface area contributed by atoms with E-state index in [4.69, 9.17) is 4.74 Å². The first-order valence-electron chi connectivity index (χ1n) is 7.64. The second-order valence-electron chi connectivity index (χ2n) is 5.93. The molecule has 4 rings (SSSR count). The molecule has 0 N–H and O–H groups in total. The molecule has 114 valence electrons. The maximum atomic E-state index is 11.9. The Hall–Kier alpha value is -2.21. The average Bonchev–Trinajstić information content (AvgIpc) is 3.10. The summed E-state index contributed by atoms with van der Waals surface area (Å²) >= 11 is 0. The Morgan fingerprint density at radius 3 is 2.73 bits per heavy atom. The van der Waals surface area contributed by atoms with Crippen molar-refractivity contribution in [2.75, 3.05) is 6.54 Å². The Morgan fingerprint density at radius 1 is 1.18 bits per heavy atom. The molecule has 1 aromatic heterocycles. The fraction of sp³-hybridized carbons (Fsp3) is 0.438. The highest BCUT2D eigenvalue weighted by molar-refractivity contribution is 5.78. The summed E-state index contributed by atoms with van der Waals surface area (Å²) in [5.74, 6) is 1.71. The van der Waals surface area contributed by atoms with E-state index in [1.807, 2.05) is 37.3 Å². The molecule has 0 amide bonds. The predicted octanol–water partition coefficient (Wildman–Crippen LogP) is 1.46. The molecule has 0 bridgehead atoms. The molecule has 1 fully saturated rings. The Bertz CT molecular complexity index is 697. The van der Waals surface area contributed by atoms with Crippen molar-refractivity contribution < 1.29 is 9.53 Å². The molecular weight excluding hydrogens is 280 g/mol. The number of cyclic esters (lactones) is 1. The summed E-state index contributed by atoms with van der Waals surface area (Å²) in [4.78, 5) is 14.1. The van der Waals surface area contributed by atoms with Gasteiger partial charge in [-0.05, 0) is 6.92 Å². The standard InChI is InChI=1S/C16H18N4O2/c1-11-9-13(16(21)22-11)19-7-8-20-14(10-19)17-18-15(20)12-5-3-2-4-6-12/h2-6,11,13H,7-10H2,1H3/t11-,13+/m1/s1. The number of ether oxygens (including phenoxy) is 1. The van der Waals surface area contributed by atoms with Gasteiger partial charge in [0.2, 0.25) is 0 Å². The second kappa shape index (κ2) is 5.21. The smallest absolute Gasteiger partial charge is 0.323 e. The number of nitrogens with zero attached hydrogens (tertiary/aromatic N) is 4. The predicted molar refractivity (Wildman–Crippen MR) is 79.8 cm³/mol. The normalized spacial score (nSPS) is 25.0. The van der Waals surface area contributed by atoms with Gasteiger partial charge in [0, 0.05) is 25.1 Å². The van der Waals surface area contributed by atoms with Crippen molar-refractivity contribution in [2.24, 2.45) is 0 Å². The summed E-state index contributed by atoms with van der Waals surface area (Å²) in [6.45, 7) is 4.20. The van der Waals surface area contributed by atoms with Crippen LogP contribution < -0.4 is 0 Å². The van der Waals surface area contributed by atoms with E-state index in [1.54, 1.807) is 0 Å². The van der Waals surface area contributed by atoms with E-state index in [0.717, 1.165) is 36.7 Å². The largest absolute Gasteiger partial charge is 0.461 e. The van der Waals surface area contributed by atoms with E-state index in [-0.39, 0.29) is 18.1 Å². The quantitative estimate of drug-likeness (QED) is 0.786. The molecule has 6 heteroatoms. The molecule has 0 spiro atoms. The van der Waals surface area contributed by atoms with E-state index >= 15 is 0 Å². The number of aromatic nitrogens is 3.